The molecular formula is C30H32N4O8S. The fourth-order valence-corrected chi connectivity index (χ4v) is 6.01. The van der Waals surface area contributed by atoms with Crippen LogP contribution < -0.4 is 29.7 Å². The van der Waals surface area contributed by atoms with E-state index in [9.17, 15) is 18.3 Å². The number of sulfonamides is 1. The normalized spacial score (nSPS) is 14.5. The number of hydrogen-bond acceptors (Lipinski definition) is 10. The maximum absolute atomic E-state index is 13.5. The van der Waals surface area contributed by atoms with Crippen molar-refractivity contribution in [2.45, 2.75) is 11.8 Å². The van der Waals surface area contributed by atoms with Crippen molar-refractivity contribution >= 4 is 45.3 Å². The molecule has 4 rings (SSSR count). The zero-order valence-electron chi connectivity index (χ0n) is 24.2. The minimum atomic E-state index is -4.28. The number of piperazine rings is 1. The molecule has 0 aliphatic carbocycles. The first-order chi connectivity index (χ1) is 20.5. The number of anilines is 2. The number of allylic oxidation sites excluding steroid dienone is 1. The number of phenols is 1. The molecule has 13 heteroatoms. The molecule has 3 aromatic rings. The molecule has 1 aromatic heterocycles. The van der Waals surface area contributed by atoms with Crippen molar-refractivity contribution < 1.29 is 37.1 Å². The second-order valence-electron chi connectivity index (χ2n) is 9.48. The van der Waals surface area contributed by atoms with Gasteiger partial charge in [-0.2, -0.15) is 0 Å². The Morgan fingerprint density at radius 2 is 1.79 bits per heavy atom. The standard InChI is InChI=1S/C30H32N4O8S/c1-7-27(36)34-13-11-33(12-14-34)22-16-21(17-23(35)18-22)19(2)15-26(41-6)28-20(3)42-31-30(28)32-43(37,38)29-24(39-4)9-8-10-25(29)40-5/h1,8-10,15-18,35H,3,11-14H2,2,4-6H3,(H,31,32)/b19-15+,28-26-. The number of ether oxygens (including phenoxy) is 3. The molecule has 0 atom stereocenters. The van der Waals surface area contributed by atoms with Gasteiger partial charge in [-0.3, -0.25) is 9.52 Å². The number of aromatic nitrogens is 1. The molecule has 0 radical (unpaired) electrons. The first-order valence-electron chi connectivity index (χ1n) is 13.0. The highest BCUT2D eigenvalue weighted by atomic mass is 32.2. The van der Waals surface area contributed by atoms with Crippen LogP contribution in [0, 0.1) is 12.3 Å². The lowest BCUT2D eigenvalue weighted by Crippen LogP contribution is -2.48. The minimum absolute atomic E-state index is 0.0448. The lowest BCUT2D eigenvalue weighted by molar-refractivity contribution is -0.125. The molecule has 0 spiro atoms. The van der Waals surface area contributed by atoms with Crippen LogP contribution in [-0.2, 0) is 19.6 Å². The van der Waals surface area contributed by atoms with Crippen LogP contribution in [0.1, 0.15) is 12.5 Å². The van der Waals surface area contributed by atoms with Gasteiger partial charge in [0, 0.05) is 37.9 Å². The highest BCUT2D eigenvalue weighted by Gasteiger charge is 2.27. The number of nitrogens with zero attached hydrogens (tertiary/aromatic N) is 3. The topological polar surface area (TPSA) is 144 Å². The van der Waals surface area contributed by atoms with E-state index in [1.807, 2.05) is 11.0 Å². The molecule has 0 saturated carbocycles. The molecule has 12 nitrogen and oxygen atoms in total. The summed E-state index contributed by atoms with van der Waals surface area (Å²) in [7, 11) is -0.168. The lowest BCUT2D eigenvalue weighted by atomic mass is 10.0. The lowest BCUT2D eigenvalue weighted by Gasteiger charge is -2.35. The average Bonchev–Trinajstić information content (AvgIpc) is 3.36. The summed E-state index contributed by atoms with van der Waals surface area (Å²) >= 11 is 0. The monoisotopic (exact) mass is 608 g/mol. The largest absolute Gasteiger partial charge is 0.508 e. The molecule has 1 aliphatic heterocycles. The summed E-state index contributed by atoms with van der Waals surface area (Å²) in [5, 5.41) is 14.6. The van der Waals surface area contributed by atoms with Crippen LogP contribution in [0.4, 0.5) is 11.5 Å². The van der Waals surface area contributed by atoms with E-state index in [0.717, 1.165) is 5.69 Å². The molecule has 0 bridgehead atoms. The molecular weight excluding hydrogens is 576 g/mol. The van der Waals surface area contributed by atoms with Gasteiger partial charge in [-0.1, -0.05) is 17.8 Å². The number of aromatic hydroxyl groups is 1. The van der Waals surface area contributed by atoms with Crippen LogP contribution in [-0.4, -0.2) is 77.0 Å². The van der Waals surface area contributed by atoms with Crippen molar-refractivity contribution in [1.29, 1.82) is 0 Å². The number of methoxy groups -OCH3 is 3. The molecule has 226 valence electrons. The number of nitrogens with one attached hydrogen (secondary N) is 1. The molecule has 0 unspecified atom stereocenters. The van der Waals surface area contributed by atoms with E-state index >= 15 is 0 Å². The average molecular weight is 609 g/mol. The molecule has 43 heavy (non-hydrogen) atoms. The number of hydrogen-bond donors (Lipinski definition) is 2. The molecule has 1 aliphatic rings. The molecule has 1 saturated heterocycles. The smallest absolute Gasteiger partial charge is 0.298 e. The van der Waals surface area contributed by atoms with Gasteiger partial charge in [-0.15, -0.1) is 6.42 Å². The van der Waals surface area contributed by atoms with Crippen LogP contribution in [0.15, 0.2) is 51.9 Å². The number of amides is 1. The van der Waals surface area contributed by atoms with Crippen LogP contribution >= 0.6 is 0 Å². The number of phenolic OH excluding ortho intramolecular Hbond substituents is 1. The van der Waals surface area contributed by atoms with E-state index in [1.165, 1.54) is 33.5 Å². The maximum atomic E-state index is 13.5. The Labute approximate surface area is 249 Å². The van der Waals surface area contributed by atoms with Gasteiger partial charge in [0.1, 0.15) is 28.2 Å². The second kappa shape index (κ2) is 12.8. The van der Waals surface area contributed by atoms with Gasteiger partial charge in [0.15, 0.2) is 16.1 Å². The number of terminal acetylenes is 1. The highest BCUT2D eigenvalue weighted by molar-refractivity contribution is 7.93. The van der Waals surface area contributed by atoms with Gasteiger partial charge >= 0.3 is 0 Å². The zero-order chi connectivity index (χ0) is 31.3. The van der Waals surface area contributed by atoms with Crippen molar-refractivity contribution in [1.82, 2.24) is 10.1 Å². The molecule has 2 aromatic carbocycles. The van der Waals surface area contributed by atoms with E-state index in [-0.39, 0.29) is 50.3 Å². The first kappa shape index (κ1) is 30.9. The summed E-state index contributed by atoms with van der Waals surface area (Å²) in [5.74, 6) is 2.03. The van der Waals surface area contributed by atoms with Crippen molar-refractivity contribution in [3.63, 3.8) is 0 Å². The Morgan fingerprint density at radius 1 is 1.14 bits per heavy atom. The number of benzene rings is 2. The third kappa shape index (κ3) is 6.54. The second-order valence-corrected chi connectivity index (χ2v) is 11.1. The van der Waals surface area contributed by atoms with Gasteiger partial charge in [0.2, 0.25) is 0 Å². The van der Waals surface area contributed by atoms with Gasteiger partial charge in [-0.25, -0.2) is 8.42 Å². The van der Waals surface area contributed by atoms with Crippen molar-refractivity contribution in [2.75, 3.05) is 57.1 Å². The first-order valence-corrected chi connectivity index (χ1v) is 14.5. The Balaban J connectivity index is 1.71. The summed E-state index contributed by atoms with van der Waals surface area (Å²) in [6.45, 7) is 7.66. The predicted octanol–water partition coefficient (Wildman–Crippen LogP) is 1.75. The zero-order valence-corrected chi connectivity index (χ0v) is 25.0. The third-order valence-corrected chi connectivity index (χ3v) is 8.27. The minimum Gasteiger partial charge on any atom is -0.508 e. The molecule has 2 heterocycles. The van der Waals surface area contributed by atoms with E-state index in [1.54, 1.807) is 36.1 Å². The third-order valence-electron chi connectivity index (χ3n) is 6.87. The molecule has 1 fully saturated rings. The van der Waals surface area contributed by atoms with Crippen molar-refractivity contribution in [3.05, 3.63) is 58.7 Å². The Kier molecular flexibility index (Phi) is 9.21. The fraction of sp³-hybridized carbons (Fsp3) is 0.267. The van der Waals surface area contributed by atoms with E-state index in [0.29, 0.717) is 37.3 Å². The Hall–Kier alpha value is -5.09. The summed E-state index contributed by atoms with van der Waals surface area (Å²) < 4.78 is 50.8. The SMILES string of the molecule is C#CC(=O)N1CCN(c2cc(O)cc(/C(C)=C/C(OC)=c3/c(NS(=O)(=O)c4c(OC)cccc4OC)noc3=C)c2)CC1. The quantitative estimate of drug-likeness (QED) is 0.345. The van der Waals surface area contributed by atoms with E-state index < -0.39 is 10.0 Å². The highest BCUT2D eigenvalue weighted by Crippen LogP contribution is 2.34. The summed E-state index contributed by atoms with van der Waals surface area (Å²) in [4.78, 5) is 15.3. The van der Waals surface area contributed by atoms with Crippen molar-refractivity contribution in [3.8, 4) is 29.6 Å². The van der Waals surface area contributed by atoms with Gasteiger partial charge < -0.3 is 33.6 Å². The maximum Gasteiger partial charge on any atom is 0.298 e. The Bertz CT molecular complexity index is 1790. The number of carbonyl (C=O) groups is 1. The van der Waals surface area contributed by atoms with Crippen LogP contribution in [0.2, 0.25) is 0 Å². The van der Waals surface area contributed by atoms with Crippen LogP contribution in [0.25, 0.3) is 17.9 Å². The summed E-state index contributed by atoms with van der Waals surface area (Å²) in [6, 6.07) is 9.72. The molecule has 1 amide bonds. The van der Waals surface area contributed by atoms with Crippen molar-refractivity contribution in [2.24, 2.45) is 0 Å². The summed E-state index contributed by atoms with van der Waals surface area (Å²) in [6.07, 6.45) is 6.90. The van der Waals surface area contributed by atoms with E-state index in [2.05, 4.69) is 22.4 Å². The Morgan fingerprint density at radius 3 is 2.37 bits per heavy atom. The van der Waals surface area contributed by atoms with Gasteiger partial charge in [0.25, 0.3) is 15.9 Å². The van der Waals surface area contributed by atoms with Crippen LogP contribution in [0.3, 0.4) is 0 Å². The predicted molar refractivity (Wildman–Crippen MR) is 161 cm³/mol. The van der Waals surface area contributed by atoms with Crippen LogP contribution in [0.5, 0.6) is 17.2 Å². The number of carbonyl (C=O) groups excluding carboxylic acids is 1. The van der Waals surface area contributed by atoms with E-state index in [4.69, 9.17) is 25.2 Å². The fourth-order valence-electron chi connectivity index (χ4n) is 4.69. The molecule has 2 N–H and O–H groups in total. The van der Waals surface area contributed by atoms with Gasteiger partial charge in [0.05, 0.1) is 21.3 Å². The number of rotatable bonds is 9. The summed E-state index contributed by atoms with van der Waals surface area (Å²) in [5.41, 5.74) is 2.17. The van der Waals surface area contributed by atoms with Gasteiger partial charge in [-0.05, 0) is 54.3 Å².